The Morgan fingerprint density at radius 2 is 2.05 bits per heavy atom. The zero-order valence-corrected chi connectivity index (χ0v) is 10.9. The summed E-state index contributed by atoms with van der Waals surface area (Å²) in [4.78, 5) is 26.4. The molecule has 2 heterocycles. The molecule has 9 heteroatoms. The summed E-state index contributed by atoms with van der Waals surface area (Å²) >= 11 is 5.90. The summed E-state index contributed by atoms with van der Waals surface area (Å²) in [5.41, 5.74) is 0.633. The highest BCUT2D eigenvalue weighted by molar-refractivity contribution is 6.33. The molecule has 0 atom stereocenters. The second-order valence-electron chi connectivity index (χ2n) is 4.02. The molecule has 3 rings (SSSR count). The van der Waals surface area contributed by atoms with Gasteiger partial charge in [-0.2, -0.15) is 9.97 Å². The van der Waals surface area contributed by atoms with E-state index in [0.717, 1.165) is 18.2 Å². The van der Waals surface area contributed by atoms with Crippen LogP contribution in [0.4, 0.5) is 14.7 Å². The zero-order valence-electron chi connectivity index (χ0n) is 10.2. The van der Waals surface area contributed by atoms with E-state index in [9.17, 15) is 13.6 Å². The molecule has 1 amide bonds. The minimum atomic E-state index is -1.12. The van der Waals surface area contributed by atoms with Gasteiger partial charge in [0.25, 0.3) is 5.91 Å². The number of carbonyl (C=O) groups is 1. The third-order valence-corrected chi connectivity index (χ3v) is 2.92. The molecular weight excluding hydrogens is 304 g/mol. The molecule has 0 aliphatic heterocycles. The lowest BCUT2D eigenvalue weighted by molar-refractivity contribution is 0.102. The Hall–Kier alpha value is -2.61. The molecular formula is C12H6ClF2N5O. The van der Waals surface area contributed by atoms with Crippen LogP contribution in [-0.2, 0) is 0 Å². The molecule has 0 spiro atoms. The maximum Gasteiger partial charge on any atom is 0.258 e. The van der Waals surface area contributed by atoms with E-state index >= 15 is 0 Å². The lowest BCUT2D eigenvalue weighted by Gasteiger charge is -2.04. The number of nitrogens with one attached hydrogen (secondary N) is 2. The van der Waals surface area contributed by atoms with Crippen LogP contribution in [0.5, 0.6) is 0 Å². The number of aromatic amines is 1. The second kappa shape index (κ2) is 5.06. The third kappa shape index (κ3) is 2.52. The molecule has 0 aliphatic rings. The number of fused-ring (bicyclic) bond motifs is 1. The summed E-state index contributed by atoms with van der Waals surface area (Å²) in [5, 5.41) is 2.42. The van der Waals surface area contributed by atoms with Gasteiger partial charge in [-0.05, 0) is 18.2 Å². The Labute approximate surface area is 121 Å². The van der Waals surface area contributed by atoms with E-state index in [2.05, 4.69) is 25.3 Å². The van der Waals surface area contributed by atoms with Crippen molar-refractivity contribution in [3.63, 3.8) is 0 Å². The second-order valence-corrected chi connectivity index (χ2v) is 4.38. The molecule has 0 aliphatic carbocycles. The van der Waals surface area contributed by atoms with Gasteiger partial charge in [0.2, 0.25) is 5.95 Å². The number of aromatic nitrogens is 4. The monoisotopic (exact) mass is 309 g/mol. The van der Waals surface area contributed by atoms with Gasteiger partial charge >= 0.3 is 0 Å². The smallest absolute Gasteiger partial charge is 0.258 e. The van der Waals surface area contributed by atoms with Gasteiger partial charge in [0.05, 0.1) is 6.33 Å². The summed E-state index contributed by atoms with van der Waals surface area (Å²) in [6, 6.07) is 2.77. The van der Waals surface area contributed by atoms with E-state index in [1.807, 2.05) is 0 Å². The maximum absolute atomic E-state index is 13.1. The predicted molar refractivity (Wildman–Crippen MR) is 71.0 cm³/mol. The van der Waals surface area contributed by atoms with Crippen LogP contribution in [0, 0.1) is 11.6 Å². The lowest BCUT2D eigenvalue weighted by Crippen LogP contribution is -2.14. The van der Waals surface area contributed by atoms with Gasteiger partial charge in [0.15, 0.2) is 22.4 Å². The predicted octanol–water partition coefficient (Wildman–Crippen LogP) is 2.54. The van der Waals surface area contributed by atoms with Crippen molar-refractivity contribution in [1.82, 2.24) is 19.9 Å². The number of nitrogens with zero attached hydrogens (tertiary/aromatic N) is 3. The van der Waals surface area contributed by atoms with Crippen molar-refractivity contribution in [2.45, 2.75) is 0 Å². The van der Waals surface area contributed by atoms with Crippen LogP contribution in [0.1, 0.15) is 10.4 Å². The van der Waals surface area contributed by atoms with Gasteiger partial charge in [-0.25, -0.2) is 13.8 Å². The minimum Gasteiger partial charge on any atom is -0.341 e. The highest BCUT2D eigenvalue weighted by Crippen LogP contribution is 2.18. The van der Waals surface area contributed by atoms with Gasteiger partial charge in [-0.3, -0.25) is 10.1 Å². The van der Waals surface area contributed by atoms with Crippen LogP contribution >= 0.6 is 11.6 Å². The number of benzene rings is 1. The summed E-state index contributed by atoms with van der Waals surface area (Å²) in [6.07, 6.45) is 1.38. The molecule has 2 N–H and O–H groups in total. The number of imidazole rings is 1. The molecule has 6 nitrogen and oxygen atoms in total. The Morgan fingerprint density at radius 1 is 1.24 bits per heavy atom. The van der Waals surface area contributed by atoms with E-state index in [1.54, 1.807) is 0 Å². The Morgan fingerprint density at radius 3 is 2.81 bits per heavy atom. The van der Waals surface area contributed by atoms with Crippen LogP contribution in [0.2, 0.25) is 5.15 Å². The van der Waals surface area contributed by atoms with Crippen molar-refractivity contribution in [2.75, 3.05) is 5.32 Å². The van der Waals surface area contributed by atoms with E-state index in [4.69, 9.17) is 11.6 Å². The topological polar surface area (TPSA) is 83.6 Å². The first-order valence-electron chi connectivity index (χ1n) is 5.67. The summed E-state index contributed by atoms with van der Waals surface area (Å²) in [7, 11) is 0. The average Bonchev–Trinajstić information content (AvgIpc) is 2.90. The zero-order chi connectivity index (χ0) is 15.0. The van der Waals surface area contributed by atoms with Crippen molar-refractivity contribution in [3.05, 3.63) is 46.9 Å². The Balaban J connectivity index is 1.90. The standard InChI is InChI=1S/C12H6ClF2N5O/c13-9-8-10(17-4-16-8)19-12(18-9)20-11(21)5-1-2-6(14)7(15)3-5/h1-4H,(H2,16,17,18,19,20,21). The van der Waals surface area contributed by atoms with Gasteiger partial charge < -0.3 is 4.98 Å². The number of rotatable bonds is 2. The highest BCUT2D eigenvalue weighted by atomic mass is 35.5. The van der Waals surface area contributed by atoms with Gasteiger partial charge in [-0.1, -0.05) is 11.6 Å². The first-order chi connectivity index (χ1) is 10.0. The number of amides is 1. The molecule has 3 aromatic rings. The van der Waals surface area contributed by atoms with E-state index in [1.165, 1.54) is 6.33 Å². The fourth-order valence-corrected chi connectivity index (χ4v) is 1.88. The number of hydrogen-bond donors (Lipinski definition) is 2. The summed E-state index contributed by atoms with van der Waals surface area (Å²) < 4.78 is 25.9. The van der Waals surface area contributed by atoms with Gasteiger partial charge in [0, 0.05) is 5.56 Å². The molecule has 2 aromatic heterocycles. The number of H-pyrrole nitrogens is 1. The van der Waals surface area contributed by atoms with Crippen LogP contribution in [0.15, 0.2) is 24.5 Å². The summed E-state index contributed by atoms with van der Waals surface area (Å²) in [6.45, 7) is 0. The fraction of sp³-hybridized carbons (Fsp3) is 0. The van der Waals surface area contributed by atoms with Crippen LogP contribution in [0.3, 0.4) is 0 Å². The maximum atomic E-state index is 13.1. The van der Waals surface area contributed by atoms with Crippen molar-refractivity contribution in [2.24, 2.45) is 0 Å². The van der Waals surface area contributed by atoms with Crippen molar-refractivity contribution in [1.29, 1.82) is 0 Å². The van der Waals surface area contributed by atoms with Crippen LogP contribution < -0.4 is 5.32 Å². The highest BCUT2D eigenvalue weighted by Gasteiger charge is 2.13. The first kappa shape index (κ1) is 13.4. The largest absolute Gasteiger partial charge is 0.341 e. The Bertz CT molecular complexity index is 851. The molecule has 0 unspecified atom stereocenters. The molecule has 1 aromatic carbocycles. The van der Waals surface area contributed by atoms with E-state index in [0.29, 0.717) is 5.52 Å². The molecule has 106 valence electrons. The fourth-order valence-electron chi connectivity index (χ4n) is 1.66. The molecule has 0 radical (unpaired) electrons. The molecule has 0 saturated heterocycles. The van der Waals surface area contributed by atoms with Crippen LogP contribution in [0.25, 0.3) is 11.2 Å². The van der Waals surface area contributed by atoms with E-state index in [-0.39, 0.29) is 22.3 Å². The first-order valence-corrected chi connectivity index (χ1v) is 6.05. The summed E-state index contributed by atoms with van der Waals surface area (Å²) in [5.74, 6) is -2.94. The van der Waals surface area contributed by atoms with E-state index < -0.39 is 17.5 Å². The molecule has 0 bridgehead atoms. The number of hydrogen-bond acceptors (Lipinski definition) is 4. The number of carbonyl (C=O) groups excluding carboxylic acids is 1. The van der Waals surface area contributed by atoms with Crippen molar-refractivity contribution >= 4 is 34.6 Å². The third-order valence-electron chi connectivity index (χ3n) is 2.65. The number of halogens is 3. The molecule has 21 heavy (non-hydrogen) atoms. The van der Waals surface area contributed by atoms with Crippen LogP contribution in [-0.4, -0.2) is 25.8 Å². The van der Waals surface area contributed by atoms with Crippen molar-refractivity contribution < 1.29 is 13.6 Å². The Kier molecular flexibility index (Phi) is 3.22. The molecule has 0 fully saturated rings. The normalized spacial score (nSPS) is 10.8. The average molecular weight is 310 g/mol. The molecule has 0 saturated carbocycles. The van der Waals surface area contributed by atoms with Gasteiger partial charge in [-0.15, -0.1) is 0 Å². The van der Waals surface area contributed by atoms with Crippen molar-refractivity contribution in [3.8, 4) is 0 Å². The number of anilines is 1. The quantitative estimate of drug-likeness (QED) is 0.713. The lowest BCUT2D eigenvalue weighted by atomic mass is 10.2. The van der Waals surface area contributed by atoms with Gasteiger partial charge in [0.1, 0.15) is 5.52 Å². The SMILES string of the molecule is O=C(Nc1nc(Cl)c2[nH]cnc2n1)c1ccc(F)c(F)c1. The minimum absolute atomic E-state index is 0.0734.